The number of hydrogen-bond donors (Lipinski definition) is 2. The molecule has 0 saturated heterocycles. The van der Waals surface area contributed by atoms with Gasteiger partial charge in [-0.3, -0.25) is 4.98 Å². The van der Waals surface area contributed by atoms with E-state index in [-0.39, 0.29) is 6.61 Å². The first-order valence-electron chi connectivity index (χ1n) is 8.69. The van der Waals surface area contributed by atoms with Gasteiger partial charge in [-0.25, -0.2) is 4.98 Å². The number of benzene rings is 1. The summed E-state index contributed by atoms with van der Waals surface area (Å²) in [6.45, 7) is 1.01. The molecule has 0 bridgehead atoms. The van der Waals surface area contributed by atoms with Crippen LogP contribution in [-0.2, 0) is 12.0 Å². The number of fused-ring (bicyclic) bond motifs is 2. The molecule has 1 aromatic carbocycles. The largest absolute Gasteiger partial charge is 0.392 e. The predicted octanol–water partition coefficient (Wildman–Crippen LogP) is 3.76. The zero-order valence-corrected chi connectivity index (χ0v) is 13.9. The van der Waals surface area contributed by atoms with Crippen LogP contribution in [0.5, 0.6) is 0 Å². The van der Waals surface area contributed by atoms with E-state index in [9.17, 15) is 5.11 Å². The Balaban J connectivity index is 1.58. The van der Waals surface area contributed by atoms with Crippen molar-refractivity contribution < 1.29 is 5.11 Å². The fraction of sp³-hybridized carbons (Fsp3) is 0.238. The van der Waals surface area contributed by atoms with Crippen LogP contribution in [0.4, 0.5) is 5.82 Å². The van der Waals surface area contributed by atoms with Crippen molar-refractivity contribution in [2.75, 3.05) is 11.9 Å². The van der Waals surface area contributed by atoms with E-state index < -0.39 is 0 Å². The second kappa shape index (κ2) is 5.39. The smallest absolute Gasteiger partial charge is 0.129 e. The third-order valence-corrected chi connectivity index (χ3v) is 5.44. The SMILES string of the molecule is OCc1cccnc1-c1cccc(-c2cnc3c(c2)C2(CC2)CN3)c1. The molecule has 0 atom stereocenters. The fourth-order valence-electron chi connectivity index (χ4n) is 3.79. The maximum absolute atomic E-state index is 9.58. The van der Waals surface area contributed by atoms with Gasteiger partial charge >= 0.3 is 0 Å². The lowest BCUT2D eigenvalue weighted by atomic mass is 9.95. The molecule has 2 N–H and O–H groups in total. The van der Waals surface area contributed by atoms with Crippen LogP contribution in [0.25, 0.3) is 22.4 Å². The number of aromatic nitrogens is 2. The topological polar surface area (TPSA) is 58.0 Å². The number of anilines is 1. The monoisotopic (exact) mass is 329 g/mol. The lowest BCUT2D eigenvalue weighted by Crippen LogP contribution is -2.08. The second-order valence-electron chi connectivity index (χ2n) is 7.00. The normalized spacial score (nSPS) is 16.5. The van der Waals surface area contributed by atoms with Crippen molar-refractivity contribution in [3.8, 4) is 22.4 Å². The highest BCUT2D eigenvalue weighted by Gasteiger charge is 2.49. The molecule has 25 heavy (non-hydrogen) atoms. The number of nitrogens with one attached hydrogen (secondary N) is 1. The van der Waals surface area contributed by atoms with Crippen LogP contribution in [0.1, 0.15) is 24.0 Å². The molecule has 2 aromatic heterocycles. The van der Waals surface area contributed by atoms with Crippen molar-refractivity contribution in [1.29, 1.82) is 0 Å². The third kappa shape index (κ3) is 2.33. The Morgan fingerprint density at radius 1 is 1.00 bits per heavy atom. The standard InChI is InChI=1S/C21H19N3O/c25-12-16-5-2-8-22-19(16)15-4-1-3-14(9-15)17-10-18-20(23-11-17)24-13-21(18)6-7-21/h1-5,8-11,25H,6-7,12-13H2,(H,23,24). The number of rotatable bonds is 3. The molecule has 4 nitrogen and oxygen atoms in total. The summed E-state index contributed by atoms with van der Waals surface area (Å²) < 4.78 is 0. The van der Waals surface area contributed by atoms with Crippen LogP contribution in [0.3, 0.4) is 0 Å². The number of pyridine rings is 2. The number of hydrogen-bond acceptors (Lipinski definition) is 4. The summed E-state index contributed by atoms with van der Waals surface area (Å²) in [7, 11) is 0. The van der Waals surface area contributed by atoms with Crippen molar-refractivity contribution in [3.05, 3.63) is 66.0 Å². The van der Waals surface area contributed by atoms with E-state index >= 15 is 0 Å². The van der Waals surface area contributed by atoms with Crippen molar-refractivity contribution in [2.45, 2.75) is 24.9 Å². The van der Waals surface area contributed by atoms with Crippen LogP contribution in [0.15, 0.2) is 54.9 Å². The number of aliphatic hydroxyl groups is 1. The number of nitrogens with zero attached hydrogens (tertiary/aromatic N) is 2. The van der Waals surface area contributed by atoms with Crippen LogP contribution in [0, 0.1) is 0 Å². The average Bonchev–Trinajstić information content (AvgIpc) is 3.38. The molecule has 1 aliphatic heterocycles. The highest BCUT2D eigenvalue weighted by atomic mass is 16.3. The van der Waals surface area contributed by atoms with Gasteiger partial charge in [-0.05, 0) is 36.6 Å². The Morgan fingerprint density at radius 3 is 2.72 bits per heavy atom. The zero-order valence-electron chi connectivity index (χ0n) is 13.9. The van der Waals surface area contributed by atoms with E-state index in [1.165, 1.54) is 18.4 Å². The quantitative estimate of drug-likeness (QED) is 0.768. The molecule has 5 rings (SSSR count). The first-order chi connectivity index (χ1) is 12.3. The molecule has 1 fully saturated rings. The highest BCUT2D eigenvalue weighted by molar-refractivity contribution is 5.74. The molecule has 2 aliphatic rings. The maximum atomic E-state index is 9.58. The van der Waals surface area contributed by atoms with Crippen molar-refractivity contribution >= 4 is 5.82 Å². The van der Waals surface area contributed by atoms with E-state index in [2.05, 4.69) is 33.5 Å². The third-order valence-electron chi connectivity index (χ3n) is 5.44. The van der Waals surface area contributed by atoms with E-state index in [0.29, 0.717) is 5.41 Å². The molecule has 0 unspecified atom stereocenters. The molecule has 3 aromatic rings. The average molecular weight is 329 g/mol. The Kier molecular flexibility index (Phi) is 3.15. The van der Waals surface area contributed by atoms with Gasteiger partial charge in [0.25, 0.3) is 0 Å². The predicted molar refractivity (Wildman–Crippen MR) is 98.2 cm³/mol. The minimum Gasteiger partial charge on any atom is -0.392 e. The summed E-state index contributed by atoms with van der Waals surface area (Å²) in [6.07, 6.45) is 6.22. The van der Waals surface area contributed by atoms with Gasteiger partial charge in [0.05, 0.1) is 12.3 Å². The van der Waals surface area contributed by atoms with Gasteiger partial charge in [0.15, 0.2) is 0 Å². The summed E-state index contributed by atoms with van der Waals surface area (Å²) in [6, 6.07) is 14.4. The van der Waals surface area contributed by atoms with Gasteiger partial charge < -0.3 is 10.4 Å². The summed E-state index contributed by atoms with van der Waals surface area (Å²) >= 11 is 0. The maximum Gasteiger partial charge on any atom is 0.129 e. The molecule has 1 spiro atoms. The molecule has 1 aliphatic carbocycles. The van der Waals surface area contributed by atoms with E-state index in [4.69, 9.17) is 0 Å². The van der Waals surface area contributed by atoms with Crippen LogP contribution in [0.2, 0.25) is 0 Å². The van der Waals surface area contributed by atoms with E-state index in [0.717, 1.165) is 40.3 Å². The minimum absolute atomic E-state index is 0.0119. The molecule has 0 amide bonds. The Labute approximate surface area is 146 Å². The lowest BCUT2D eigenvalue weighted by molar-refractivity contribution is 0.282. The second-order valence-corrected chi connectivity index (χ2v) is 7.00. The van der Waals surface area contributed by atoms with Gasteiger partial charge in [0.1, 0.15) is 5.82 Å². The Hall–Kier alpha value is -2.72. The summed E-state index contributed by atoms with van der Waals surface area (Å²) in [5.41, 5.74) is 6.66. The molecular formula is C21H19N3O. The molecule has 3 heterocycles. The molecular weight excluding hydrogens is 310 g/mol. The first-order valence-corrected chi connectivity index (χ1v) is 8.69. The van der Waals surface area contributed by atoms with Gasteiger partial charge in [0.2, 0.25) is 0 Å². The van der Waals surface area contributed by atoms with Crippen molar-refractivity contribution in [1.82, 2.24) is 9.97 Å². The van der Waals surface area contributed by atoms with Crippen molar-refractivity contribution in [3.63, 3.8) is 0 Å². The van der Waals surface area contributed by atoms with Crippen LogP contribution < -0.4 is 5.32 Å². The van der Waals surface area contributed by atoms with Gasteiger partial charge in [-0.2, -0.15) is 0 Å². The zero-order chi connectivity index (χ0) is 16.9. The Bertz CT molecular complexity index is 963. The summed E-state index contributed by atoms with van der Waals surface area (Å²) in [4.78, 5) is 9.10. The summed E-state index contributed by atoms with van der Waals surface area (Å²) in [5.74, 6) is 1.05. The summed E-state index contributed by atoms with van der Waals surface area (Å²) in [5, 5.41) is 13.0. The van der Waals surface area contributed by atoms with Crippen LogP contribution >= 0.6 is 0 Å². The fourth-order valence-corrected chi connectivity index (χ4v) is 3.79. The molecule has 1 saturated carbocycles. The van der Waals surface area contributed by atoms with Crippen molar-refractivity contribution in [2.24, 2.45) is 0 Å². The van der Waals surface area contributed by atoms with Gasteiger partial charge in [-0.1, -0.05) is 24.3 Å². The molecule has 124 valence electrons. The highest BCUT2D eigenvalue weighted by Crippen LogP contribution is 2.54. The minimum atomic E-state index is -0.0119. The first kappa shape index (κ1) is 14.6. The lowest BCUT2D eigenvalue weighted by Gasteiger charge is -2.10. The van der Waals surface area contributed by atoms with E-state index in [1.54, 1.807) is 6.20 Å². The molecule has 0 radical (unpaired) electrons. The van der Waals surface area contributed by atoms with Gasteiger partial charge in [0, 0.05) is 46.6 Å². The van der Waals surface area contributed by atoms with Gasteiger partial charge in [-0.15, -0.1) is 0 Å². The number of aliphatic hydroxyl groups excluding tert-OH is 1. The van der Waals surface area contributed by atoms with E-state index in [1.807, 2.05) is 30.5 Å². The molecule has 4 heteroatoms. The van der Waals surface area contributed by atoms with Crippen LogP contribution in [-0.4, -0.2) is 21.6 Å². The Morgan fingerprint density at radius 2 is 1.88 bits per heavy atom.